The van der Waals surface area contributed by atoms with Gasteiger partial charge in [-0.05, 0) is 18.3 Å². The fourth-order valence-corrected chi connectivity index (χ4v) is 3.01. The molecule has 1 aromatic rings. The monoisotopic (exact) mass is 335 g/mol. The molecule has 0 aromatic heterocycles. The molecule has 1 N–H and O–H groups in total. The molecule has 128 valence electrons. The number of carbonyl (C=O) groups excluding carboxylic acids is 1. The van der Waals surface area contributed by atoms with E-state index in [0.29, 0.717) is 5.92 Å². The van der Waals surface area contributed by atoms with Gasteiger partial charge in [-0.25, -0.2) is 22.0 Å². The second kappa shape index (κ2) is 6.84. The number of hydrogen-bond donors (Lipinski definition) is 1. The number of carbonyl (C=O) groups is 1. The van der Waals surface area contributed by atoms with Gasteiger partial charge in [0.1, 0.15) is 0 Å². The molecule has 1 saturated carbocycles. The van der Waals surface area contributed by atoms with Gasteiger partial charge in [0.25, 0.3) is 0 Å². The van der Waals surface area contributed by atoms with Gasteiger partial charge >= 0.3 is 0 Å². The van der Waals surface area contributed by atoms with Gasteiger partial charge in [-0.15, -0.1) is 0 Å². The second-order valence-electron chi connectivity index (χ2n) is 6.17. The molecule has 2 nitrogen and oxygen atoms in total. The smallest absolute Gasteiger partial charge is 0.224 e. The maximum Gasteiger partial charge on any atom is 0.224 e. The van der Waals surface area contributed by atoms with Crippen molar-refractivity contribution in [3.63, 3.8) is 0 Å². The Morgan fingerprint density at radius 2 is 1.48 bits per heavy atom. The van der Waals surface area contributed by atoms with E-state index in [1.807, 2.05) is 13.8 Å². The Kier molecular flexibility index (Phi) is 5.26. The van der Waals surface area contributed by atoms with E-state index in [0.717, 1.165) is 19.3 Å². The topological polar surface area (TPSA) is 29.1 Å². The van der Waals surface area contributed by atoms with E-state index in [2.05, 4.69) is 5.32 Å². The molecule has 1 aliphatic carbocycles. The van der Waals surface area contributed by atoms with E-state index in [1.165, 1.54) is 0 Å². The summed E-state index contributed by atoms with van der Waals surface area (Å²) >= 11 is 0. The van der Waals surface area contributed by atoms with Crippen molar-refractivity contribution in [2.45, 2.75) is 45.6 Å². The summed E-state index contributed by atoms with van der Waals surface area (Å²) in [5.74, 6) is -10.4. The van der Waals surface area contributed by atoms with Crippen LogP contribution in [-0.4, -0.2) is 11.9 Å². The lowest BCUT2D eigenvalue weighted by Crippen LogP contribution is -2.44. The highest BCUT2D eigenvalue weighted by molar-refractivity contribution is 5.79. The fraction of sp³-hybridized carbons (Fsp3) is 0.562. The standard InChI is InChI=1S/C16H18F5NO/c1-7-4-3-5-10(8(7)2)22-11(23)6-9-12(17)14(19)16(21)15(20)13(9)18/h7-8,10H,3-6H2,1-2H3,(H,22,23). The molecule has 1 aliphatic rings. The Bertz CT molecular complexity index is 590. The van der Waals surface area contributed by atoms with Gasteiger partial charge in [0.2, 0.25) is 11.7 Å². The molecule has 0 aliphatic heterocycles. The van der Waals surface area contributed by atoms with Crippen LogP contribution in [0.3, 0.4) is 0 Å². The number of halogens is 5. The van der Waals surface area contributed by atoms with E-state index in [1.54, 1.807) is 0 Å². The molecule has 1 aromatic carbocycles. The third-order valence-electron chi connectivity index (χ3n) is 4.69. The minimum Gasteiger partial charge on any atom is -0.353 e. The van der Waals surface area contributed by atoms with Crippen molar-refractivity contribution in [1.82, 2.24) is 5.32 Å². The van der Waals surface area contributed by atoms with Crippen molar-refractivity contribution in [1.29, 1.82) is 0 Å². The molecule has 3 unspecified atom stereocenters. The first-order chi connectivity index (χ1) is 10.7. The summed E-state index contributed by atoms with van der Waals surface area (Å²) in [5, 5.41) is 2.64. The third-order valence-corrected chi connectivity index (χ3v) is 4.69. The molecule has 0 radical (unpaired) electrons. The Morgan fingerprint density at radius 3 is 2.04 bits per heavy atom. The van der Waals surface area contributed by atoms with Gasteiger partial charge in [0, 0.05) is 11.6 Å². The highest BCUT2D eigenvalue weighted by Gasteiger charge is 2.30. The minimum absolute atomic E-state index is 0.160. The average Bonchev–Trinajstić information content (AvgIpc) is 2.52. The van der Waals surface area contributed by atoms with Crippen LogP contribution in [0.5, 0.6) is 0 Å². The van der Waals surface area contributed by atoms with E-state index in [-0.39, 0.29) is 12.0 Å². The fourth-order valence-electron chi connectivity index (χ4n) is 3.01. The largest absolute Gasteiger partial charge is 0.353 e. The predicted molar refractivity (Wildman–Crippen MR) is 74.0 cm³/mol. The molecule has 0 saturated heterocycles. The molecular formula is C16H18F5NO. The van der Waals surface area contributed by atoms with E-state index in [4.69, 9.17) is 0 Å². The Hall–Kier alpha value is -1.66. The Labute approximate surface area is 131 Å². The van der Waals surface area contributed by atoms with Crippen LogP contribution in [0.2, 0.25) is 0 Å². The molecule has 2 rings (SSSR count). The van der Waals surface area contributed by atoms with Gasteiger partial charge in [-0.2, -0.15) is 0 Å². The molecule has 0 heterocycles. The molecule has 23 heavy (non-hydrogen) atoms. The molecule has 0 spiro atoms. The molecule has 0 bridgehead atoms. The van der Waals surface area contributed by atoms with Crippen molar-refractivity contribution < 1.29 is 26.7 Å². The van der Waals surface area contributed by atoms with Crippen molar-refractivity contribution in [2.24, 2.45) is 11.8 Å². The normalized spacial score (nSPS) is 24.6. The summed E-state index contributed by atoms with van der Waals surface area (Å²) in [6.07, 6.45) is 1.79. The summed E-state index contributed by atoms with van der Waals surface area (Å²) < 4.78 is 66.4. The Morgan fingerprint density at radius 1 is 0.957 bits per heavy atom. The maximum absolute atomic E-state index is 13.6. The Balaban J connectivity index is 2.15. The van der Waals surface area contributed by atoms with Crippen molar-refractivity contribution in [2.75, 3.05) is 0 Å². The van der Waals surface area contributed by atoms with Crippen LogP contribution in [0.15, 0.2) is 0 Å². The highest BCUT2D eigenvalue weighted by atomic mass is 19.2. The predicted octanol–water partition coefficient (Wildman–Crippen LogP) is 3.87. The lowest BCUT2D eigenvalue weighted by atomic mass is 9.78. The highest BCUT2D eigenvalue weighted by Crippen LogP contribution is 2.30. The van der Waals surface area contributed by atoms with Gasteiger partial charge in [0.05, 0.1) is 6.42 Å². The van der Waals surface area contributed by atoms with Gasteiger partial charge < -0.3 is 5.32 Å². The number of benzene rings is 1. The number of amides is 1. The van der Waals surface area contributed by atoms with Crippen LogP contribution in [0.1, 0.15) is 38.7 Å². The van der Waals surface area contributed by atoms with Crippen LogP contribution < -0.4 is 5.32 Å². The molecular weight excluding hydrogens is 317 g/mol. The summed E-state index contributed by atoms with van der Waals surface area (Å²) in [4.78, 5) is 12.0. The van der Waals surface area contributed by atoms with Crippen LogP contribution in [0.25, 0.3) is 0 Å². The van der Waals surface area contributed by atoms with E-state index in [9.17, 15) is 26.7 Å². The van der Waals surface area contributed by atoms with Crippen LogP contribution in [0, 0.1) is 40.9 Å². The van der Waals surface area contributed by atoms with Gasteiger partial charge in [0.15, 0.2) is 23.3 Å². The summed E-state index contributed by atoms with van der Waals surface area (Å²) in [6, 6.07) is -0.160. The van der Waals surface area contributed by atoms with Crippen molar-refractivity contribution >= 4 is 5.91 Å². The first-order valence-corrected chi connectivity index (χ1v) is 7.53. The van der Waals surface area contributed by atoms with Crippen LogP contribution in [-0.2, 0) is 11.2 Å². The van der Waals surface area contributed by atoms with Crippen LogP contribution in [0.4, 0.5) is 22.0 Å². The quantitative estimate of drug-likeness (QED) is 0.507. The van der Waals surface area contributed by atoms with E-state index < -0.39 is 47.0 Å². The first-order valence-electron chi connectivity index (χ1n) is 7.53. The zero-order valence-corrected chi connectivity index (χ0v) is 12.9. The SMILES string of the molecule is CC1CCCC(NC(=O)Cc2c(F)c(F)c(F)c(F)c2F)C1C. The van der Waals surface area contributed by atoms with E-state index >= 15 is 0 Å². The molecule has 3 atom stereocenters. The lowest BCUT2D eigenvalue weighted by Gasteiger charge is -2.34. The molecule has 1 amide bonds. The van der Waals surface area contributed by atoms with Gasteiger partial charge in [-0.1, -0.05) is 26.7 Å². The number of hydrogen-bond acceptors (Lipinski definition) is 1. The first kappa shape index (κ1) is 17.7. The zero-order valence-electron chi connectivity index (χ0n) is 12.9. The summed E-state index contributed by atoms with van der Waals surface area (Å²) in [5.41, 5.74) is -1.10. The van der Waals surface area contributed by atoms with Crippen LogP contribution >= 0.6 is 0 Å². The molecule has 7 heteroatoms. The minimum atomic E-state index is -2.22. The average molecular weight is 335 g/mol. The van der Waals surface area contributed by atoms with Gasteiger partial charge in [-0.3, -0.25) is 4.79 Å². The number of rotatable bonds is 3. The summed E-state index contributed by atoms with van der Waals surface area (Å²) in [7, 11) is 0. The summed E-state index contributed by atoms with van der Waals surface area (Å²) in [6.45, 7) is 4.01. The second-order valence-corrected chi connectivity index (χ2v) is 6.17. The molecule has 1 fully saturated rings. The number of nitrogens with one attached hydrogen (secondary N) is 1. The maximum atomic E-state index is 13.6. The van der Waals surface area contributed by atoms with Crippen molar-refractivity contribution in [3.05, 3.63) is 34.6 Å². The zero-order chi connectivity index (χ0) is 17.3. The van der Waals surface area contributed by atoms with Crippen molar-refractivity contribution in [3.8, 4) is 0 Å². The third kappa shape index (κ3) is 3.48. The lowest BCUT2D eigenvalue weighted by molar-refractivity contribution is -0.122.